The van der Waals surface area contributed by atoms with Crippen LogP contribution < -0.4 is 4.90 Å². The first-order valence-electron chi connectivity index (χ1n) is 17.8. The van der Waals surface area contributed by atoms with Crippen molar-refractivity contribution in [1.82, 2.24) is 4.57 Å². The van der Waals surface area contributed by atoms with Gasteiger partial charge in [-0.1, -0.05) is 146 Å². The third kappa shape index (κ3) is 5.12. The lowest BCUT2D eigenvalue weighted by Gasteiger charge is -2.26. The Balaban J connectivity index is 1.04. The summed E-state index contributed by atoms with van der Waals surface area (Å²) in [4.78, 5) is 2.34. The fraction of sp³-hybridized carbons (Fsp3) is 0. The van der Waals surface area contributed by atoms with E-state index in [2.05, 4.69) is 216 Å². The second-order valence-electron chi connectivity index (χ2n) is 13.4. The highest BCUT2D eigenvalue weighted by atomic mass is 15.1. The van der Waals surface area contributed by atoms with E-state index in [1.54, 1.807) is 0 Å². The number of benzene rings is 9. The molecule has 0 spiro atoms. The Morgan fingerprint density at radius 3 is 1.67 bits per heavy atom. The van der Waals surface area contributed by atoms with Crippen LogP contribution in [-0.2, 0) is 0 Å². The van der Waals surface area contributed by atoms with Crippen LogP contribution >= 0.6 is 0 Å². The molecule has 0 amide bonds. The highest BCUT2D eigenvalue weighted by molar-refractivity contribution is 6.18. The van der Waals surface area contributed by atoms with Gasteiger partial charge >= 0.3 is 0 Å². The topological polar surface area (TPSA) is 8.17 Å². The van der Waals surface area contributed by atoms with E-state index in [1.807, 2.05) is 0 Å². The van der Waals surface area contributed by atoms with E-state index in [0.717, 1.165) is 22.7 Å². The molecule has 0 aliphatic heterocycles. The zero-order valence-electron chi connectivity index (χ0n) is 28.5. The quantitative estimate of drug-likeness (QED) is 0.172. The molecule has 1 heterocycles. The Morgan fingerprint density at radius 1 is 0.308 bits per heavy atom. The molecule has 0 aliphatic carbocycles. The summed E-state index contributed by atoms with van der Waals surface area (Å²) in [5, 5.41) is 7.49. The SMILES string of the molecule is c1ccc(-c2ccc(N(c3ccccc3)c3ccc4ccc(-c5ccc(-n6c7ccccc7c7ccc8ccccc8c76)cc5)cc4c3)cc2)cc1. The first-order valence-corrected chi connectivity index (χ1v) is 17.8. The van der Waals surface area contributed by atoms with Gasteiger partial charge in [-0.3, -0.25) is 0 Å². The number of hydrogen-bond donors (Lipinski definition) is 0. The first-order chi connectivity index (χ1) is 25.8. The van der Waals surface area contributed by atoms with Crippen LogP contribution in [0.1, 0.15) is 0 Å². The van der Waals surface area contributed by atoms with Gasteiger partial charge in [0.1, 0.15) is 0 Å². The fourth-order valence-electron chi connectivity index (χ4n) is 7.81. The zero-order chi connectivity index (χ0) is 34.4. The van der Waals surface area contributed by atoms with Crippen LogP contribution in [0.3, 0.4) is 0 Å². The molecule has 52 heavy (non-hydrogen) atoms. The van der Waals surface area contributed by atoms with Crippen LogP contribution in [0.2, 0.25) is 0 Å². The molecule has 1 aromatic heterocycles. The number of aromatic nitrogens is 1. The number of nitrogens with zero attached hydrogens (tertiary/aromatic N) is 2. The van der Waals surface area contributed by atoms with E-state index >= 15 is 0 Å². The van der Waals surface area contributed by atoms with Crippen molar-refractivity contribution in [2.24, 2.45) is 0 Å². The molecule has 0 radical (unpaired) electrons. The maximum absolute atomic E-state index is 2.42. The second-order valence-corrected chi connectivity index (χ2v) is 13.4. The summed E-state index contributed by atoms with van der Waals surface area (Å²) >= 11 is 0. The number of fused-ring (bicyclic) bond motifs is 6. The van der Waals surface area contributed by atoms with Gasteiger partial charge in [-0.2, -0.15) is 0 Å². The van der Waals surface area contributed by atoms with Crippen LogP contribution in [0.4, 0.5) is 17.1 Å². The molecular weight excluding hydrogens is 629 g/mol. The van der Waals surface area contributed by atoms with E-state index in [4.69, 9.17) is 0 Å². The molecule has 0 saturated carbocycles. The van der Waals surface area contributed by atoms with Gasteiger partial charge in [-0.15, -0.1) is 0 Å². The van der Waals surface area contributed by atoms with Crippen LogP contribution in [-0.4, -0.2) is 4.57 Å². The van der Waals surface area contributed by atoms with E-state index in [9.17, 15) is 0 Å². The second kappa shape index (κ2) is 12.5. The normalized spacial score (nSPS) is 11.5. The van der Waals surface area contributed by atoms with Crippen molar-refractivity contribution in [2.45, 2.75) is 0 Å². The Bertz CT molecular complexity index is 2870. The molecule has 0 N–H and O–H groups in total. The maximum Gasteiger partial charge on any atom is 0.0619 e. The van der Waals surface area contributed by atoms with Crippen LogP contribution in [0.5, 0.6) is 0 Å². The summed E-state index contributed by atoms with van der Waals surface area (Å²) < 4.78 is 2.42. The highest BCUT2D eigenvalue weighted by Gasteiger charge is 2.16. The van der Waals surface area contributed by atoms with Crippen molar-refractivity contribution in [1.29, 1.82) is 0 Å². The minimum Gasteiger partial charge on any atom is -0.310 e. The Kier molecular flexibility index (Phi) is 7.18. The van der Waals surface area contributed by atoms with E-state index in [-0.39, 0.29) is 0 Å². The van der Waals surface area contributed by atoms with Gasteiger partial charge in [0.05, 0.1) is 11.0 Å². The lowest BCUT2D eigenvalue weighted by molar-refractivity contribution is 1.19. The van der Waals surface area contributed by atoms with Crippen molar-refractivity contribution in [3.63, 3.8) is 0 Å². The van der Waals surface area contributed by atoms with Crippen LogP contribution in [0.15, 0.2) is 206 Å². The summed E-state index contributed by atoms with van der Waals surface area (Å²) in [5.41, 5.74) is 11.8. The lowest BCUT2D eigenvalue weighted by Crippen LogP contribution is -2.09. The summed E-state index contributed by atoms with van der Waals surface area (Å²) in [6.07, 6.45) is 0. The predicted octanol–water partition coefficient (Wildman–Crippen LogP) is 13.9. The third-order valence-electron chi connectivity index (χ3n) is 10.3. The minimum absolute atomic E-state index is 1.12. The maximum atomic E-state index is 2.42. The van der Waals surface area contributed by atoms with Gasteiger partial charge in [-0.25, -0.2) is 0 Å². The van der Waals surface area contributed by atoms with E-state index in [0.29, 0.717) is 0 Å². The van der Waals surface area contributed by atoms with Crippen LogP contribution in [0, 0.1) is 0 Å². The molecule has 10 aromatic rings. The van der Waals surface area contributed by atoms with Gasteiger partial charge in [0.25, 0.3) is 0 Å². The summed E-state index contributed by atoms with van der Waals surface area (Å²) in [6.45, 7) is 0. The first kappa shape index (κ1) is 30.0. The number of hydrogen-bond acceptors (Lipinski definition) is 1. The van der Waals surface area contributed by atoms with Crippen molar-refractivity contribution in [3.8, 4) is 27.9 Å². The average Bonchev–Trinajstić information content (AvgIpc) is 3.57. The minimum atomic E-state index is 1.12. The highest BCUT2D eigenvalue weighted by Crippen LogP contribution is 2.39. The van der Waals surface area contributed by atoms with Gasteiger partial charge in [-0.05, 0) is 99.1 Å². The van der Waals surface area contributed by atoms with Crippen molar-refractivity contribution >= 4 is 60.4 Å². The van der Waals surface area contributed by atoms with Crippen molar-refractivity contribution < 1.29 is 0 Å². The Hall–Kier alpha value is -6.90. The molecule has 2 nitrogen and oxygen atoms in total. The summed E-state index contributed by atoms with van der Waals surface area (Å²) in [7, 11) is 0. The molecule has 0 bridgehead atoms. The van der Waals surface area contributed by atoms with Gasteiger partial charge in [0.15, 0.2) is 0 Å². The van der Waals surface area contributed by atoms with Gasteiger partial charge in [0.2, 0.25) is 0 Å². The smallest absolute Gasteiger partial charge is 0.0619 e. The molecule has 244 valence electrons. The molecule has 0 unspecified atom stereocenters. The predicted molar refractivity (Wildman–Crippen MR) is 221 cm³/mol. The number of rotatable bonds is 6. The Morgan fingerprint density at radius 2 is 0.865 bits per heavy atom. The molecule has 9 aromatic carbocycles. The molecule has 2 heteroatoms. The monoisotopic (exact) mass is 662 g/mol. The molecule has 10 rings (SSSR count). The van der Waals surface area contributed by atoms with Gasteiger partial charge in [0, 0.05) is 38.9 Å². The lowest BCUT2D eigenvalue weighted by atomic mass is 10.00. The third-order valence-corrected chi connectivity index (χ3v) is 10.3. The largest absolute Gasteiger partial charge is 0.310 e. The van der Waals surface area contributed by atoms with Gasteiger partial charge < -0.3 is 9.47 Å². The van der Waals surface area contributed by atoms with E-state index < -0.39 is 0 Å². The summed E-state index contributed by atoms with van der Waals surface area (Å²) in [5.74, 6) is 0. The molecule has 0 atom stereocenters. The van der Waals surface area contributed by atoms with Crippen molar-refractivity contribution in [2.75, 3.05) is 4.90 Å². The molecule has 0 aliphatic rings. The van der Waals surface area contributed by atoms with Crippen molar-refractivity contribution in [3.05, 3.63) is 206 Å². The fourth-order valence-corrected chi connectivity index (χ4v) is 7.81. The molecule has 0 fully saturated rings. The molecule has 0 saturated heterocycles. The number of anilines is 3. The zero-order valence-corrected chi connectivity index (χ0v) is 28.5. The summed E-state index contributed by atoms with van der Waals surface area (Å²) in [6, 6.07) is 74.6. The molecular formula is C50H34N2. The standard InChI is InChI=1S/C50H34N2/c1-3-11-35(12-4-1)36-21-27-43(28-22-36)51(42-14-5-2-6-15-42)45-31-25-38-19-20-40(33-41(38)34-45)37-23-29-44(30-24-37)52-49-18-10-9-17-47(49)48-32-26-39-13-7-8-16-46(39)50(48)52/h1-34H. The average molecular weight is 663 g/mol. The number of para-hydroxylation sites is 2. The van der Waals surface area contributed by atoms with Crippen LogP contribution in [0.25, 0.3) is 71.3 Å². The van der Waals surface area contributed by atoms with E-state index in [1.165, 1.54) is 65.6 Å². The Labute approximate surface area is 303 Å².